The van der Waals surface area contributed by atoms with Gasteiger partial charge in [-0.2, -0.15) is 0 Å². The molecule has 0 saturated carbocycles. The minimum atomic E-state index is -0.739. The maximum Gasteiger partial charge on any atom is 0.331 e. The molecule has 124 valence electrons. The number of nitrogens with zero attached hydrogens (tertiary/aromatic N) is 2. The van der Waals surface area contributed by atoms with Crippen LogP contribution in [0.25, 0.3) is 0 Å². The largest absolute Gasteiger partial charge is 0.494 e. The molecule has 0 aliphatic rings. The molecule has 8 nitrogen and oxygen atoms in total. The summed E-state index contributed by atoms with van der Waals surface area (Å²) >= 11 is 0. The van der Waals surface area contributed by atoms with Crippen molar-refractivity contribution in [3.8, 4) is 5.88 Å². The van der Waals surface area contributed by atoms with E-state index in [-0.39, 0.29) is 18.0 Å². The fourth-order valence-corrected chi connectivity index (χ4v) is 1.96. The molecule has 1 heterocycles. The predicted molar refractivity (Wildman–Crippen MR) is 91.2 cm³/mol. The molecule has 0 aliphatic heterocycles. The number of carbonyl (C=O) groups excluding carboxylic acids is 1. The molecule has 0 radical (unpaired) electrons. The number of aliphatic imine (C=N–C) groups is 1. The van der Waals surface area contributed by atoms with Crippen LogP contribution in [0.5, 0.6) is 5.88 Å². The van der Waals surface area contributed by atoms with Gasteiger partial charge >= 0.3 is 5.69 Å². The van der Waals surface area contributed by atoms with Crippen molar-refractivity contribution in [3.63, 3.8) is 0 Å². The van der Waals surface area contributed by atoms with Gasteiger partial charge in [-0.15, -0.1) is 6.58 Å². The number of hydrogen-bond donors (Lipinski definition) is 3. The highest BCUT2D eigenvalue weighted by molar-refractivity contribution is 5.89. The van der Waals surface area contributed by atoms with Gasteiger partial charge in [0.15, 0.2) is 0 Å². The third-order valence-electron chi connectivity index (χ3n) is 3.05. The van der Waals surface area contributed by atoms with Gasteiger partial charge in [0, 0.05) is 25.4 Å². The summed E-state index contributed by atoms with van der Waals surface area (Å²) in [7, 11) is 0. The molecule has 2 rings (SSSR count). The number of nitrogens with one attached hydrogen (secondary N) is 2. The highest BCUT2D eigenvalue weighted by atomic mass is 16.3. The Labute approximate surface area is 136 Å². The minimum absolute atomic E-state index is 0.0493. The predicted octanol–water partition coefficient (Wildman–Crippen LogP) is 1.14. The maximum atomic E-state index is 11.8. The van der Waals surface area contributed by atoms with Crippen molar-refractivity contribution < 1.29 is 9.90 Å². The van der Waals surface area contributed by atoms with E-state index in [4.69, 9.17) is 0 Å². The molecular formula is C16H16N4O4. The summed E-state index contributed by atoms with van der Waals surface area (Å²) < 4.78 is 0.968. The van der Waals surface area contributed by atoms with Gasteiger partial charge in [0.2, 0.25) is 11.8 Å². The number of amides is 1. The Morgan fingerprint density at radius 2 is 2.04 bits per heavy atom. The summed E-state index contributed by atoms with van der Waals surface area (Å²) in [6, 6.07) is 6.56. The van der Waals surface area contributed by atoms with Gasteiger partial charge in [-0.3, -0.25) is 24.1 Å². The van der Waals surface area contributed by atoms with Gasteiger partial charge in [-0.1, -0.05) is 6.08 Å². The normalized spacial score (nSPS) is 10.7. The molecule has 0 fully saturated rings. The average Bonchev–Trinajstić information content (AvgIpc) is 2.52. The van der Waals surface area contributed by atoms with E-state index < -0.39 is 17.1 Å². The van der Waals surface area contributed by atoms with Crippen molar-refractivity contribution in [1.29, 1.82) is 0 Å². The molecule has 0 unspecified atom stereocenters. The minimum Gasteiger partial charge on any atom is -0.494 e. The first-order valence-corrected chi connectivity index (χ1v) is 7.01. The summed E-state index contributed by atoms with van der Waals surface area (Å²) in [5.74, 6) is -0.672. The Kier molecular flexibility index (Phi) is 5.10. The molecule has 0 atom stereocenters. The summed E-state index contributed by atoms with van der Waals surface area (Å²) in [6.45, 7) is 4.94. The van der Waals surface area contributed by atoms with Crippen molar-refractivity contribution in [3.05, 3.63) is 63.3 Å². The standard InChI is InChI=1S/C16H16N4O4/c1-3-8-20-15(23)13(14(22)19-16(20)24)9-17-11-4-6-12(7-5-11)18-10(2)21/h3-7,9,23H,1,8H2,2H3,(H,18,21)(H,19,22,24). The number of aromatic amines is 1. The van der Waals surface area contributed by atoms with Gasteiger partial charge in [0.05, 0.1) is 5.69 Å². The Bertz CT molecular complexity index is 907. The van der Waals surface area contributed by atoms with Crippen molar-refractivity contribution in [2.75, 3.05) is 5.32 Å². The first kappa shape index (κ1) is 16.9. The second-order valence-electron chi connectivity index (χ2n) is 4.88. The Balaban J connectivity index is 2.33. The molecule has 0 saturated heterocycles. The number of H-pyrrole nitrogens is 1. The van der Waals surface area contributed by atoms with Crippen LogP contribution < -0.4 is 16.6 Å². The van der Waals surface area contributed by atoms with E-state index in [0.717, 1.165) is 4.57 Å². The zero-order chi connectivity index (χ0) is 17.7. The first-order valence-electron chi connectivity index (χ1n) is 7.01. The van der Waals surface area contributed by atoms with Gasteiger partial charge in [0.25, 0.3) is 5.56 Å². The quantitative estimate of drug-likeness (QED) is 0.563. The SMILES string of the molecule is C=CCn1c(O)c(C=Nc2ccc(NC(C)=O)cc2)c(=O)[nH]c1=O. The summed E-state index contributed by atoms with van der Waals surface area (Å²) in [4.78, 5) is 40.6. The van der Waals surface area contributed by atoms with Gasteiger partial charge in [-0.05, 0) is 24.3 Å². The molecule has 24 heavy (non-hydrogen) atoms. The van der Waals surface area contributed by atoms with Crippen LogP contribution in [0.4, 0.5) is 11.4 Å². The highest BCUT2D eigenvalue weighted by Crippen LogP contribution is 2.17. The van der Waals surface area contributed by atoms with Crippen LogP contribution >= 0.6 is 0 Å². The van der Waals surface area contributed by atoms with Crippen LogP contribution in [-0.4, -0.2) is 26.8 Å². The van der Waals surface area contributed by atoms with E-state index in [1.165, 1.54) is 19.2 Å². The summed E-state index contributed by atoms with van der Waals surface area (Å²) in [5, 5.41) is 12.7. The number of hydrogen-bond acceptors (Lipinski definition) is 5. The van der Waals surface area contributed by atoms with E-state index in [0.29, 0.717) is 11.4 Å². The molecule has 0 bridgehead atoms. The zero-order valence-corrected chi connectivity index (χ0v) is 12.9. The first-order chi connectivity index (χ1) is 11.4. The van der Waals surface area contributed by atoms with Crippen LogP contribution in [0.1, 0.15) is 12.5 Å². The van der Waals surface area contributed by atoms with Crippen LogP contribution in [0.15, 0.2) is 51.5 Å². The van der Waals surface area contributed by atoms with Gasteiger partial charge in [0.1, 0.15) is 5.56 Å². The average molecular weight is 328 g/mol. The lowest BCUT2D eigenvalue weighted by Crippen LogP contribution is -2.31. The molecule has 0 spiro atoms. The van der Waals surface area contributed by atoms with Crippen molar-refractivity contribution >= 4 is 23.5 Å². The van der Waals surface area contributed by atoms with Gasteiger partial charge < -0.3 is 10.4 Å². The summed E-state index contributed by atoms with van der Waals surface area (Å²) in [6.07, 6.45) is 2.59. The van der Waals surface area contributed by atoms with Crippen LogP contribution in [0.2, 0.25) is 0 Å². The third-order valence-corrected chi connectivity index (χ3v) is 3.05. The molecule has 1 aromatic heterocycles. The van der Waals surface area contributed by atoms with E-state index in [1.807, 2.05) is 0 Å². The molecule has 0 aliphatic carbocycles. The number of anilines is 1. The lowest BCUT2D eigenvalue weighted by molar-refractivity contribution is -0.114. The zero-order valence-electron chi connectivity index (χ0n) is 12.9. The van der Waals surface area contributed by atoms with Crippen molar-refractivity contribution in [1.82, 2.24) is 9.55 Å². The Hall–Kier alpha value is -3.42. The fraction of sp³-hybridized carbons (Fsp3) is 0.125. The van der Waals surface area contributed by atoms with E-state index >= 15 is 0 Å². The van der Waals surface area contributed by atoms with Crippen molar-refractivity contribution in [2.45, 2.75) is 13.5 Å². The number of allylic oxidation sites excluding steroid dienone is 1. The molecule has 3 N–H and O–H groups in total. The third kappa shape index (κ3) is 3.86. The molecular weight excluding hydrogens is 312 g/mol. The number of aromatic nitrogens is 2. The lowest BCUT2D eigenvalue weighted by Gasteiger charge is -2.06. The van der Waals surface area contributed by atoms with Crippen LogP contribution in [0, 0.1) is 0 Å². The number of aromatic hydroxyl groups is 1. The monoisotopic (exact) mass is 328 g/mol. The van der Waals surface area contributed by atoms with Crippen LogP contribution in [-0.2, 0) is 11.3 Å². The molecule has 8 heteroatoms. The lowest BCUT2D eigenvalue weighted by atomic mass is 10.2. The van der Waals surface area contributed by atoms with E-state index in [9.17, 15) is 19.5 Å². The molecule has 2 aromatic rings. The van der Waals surface area contributed by atoms with Crippen molar-refractivity contribution in [2.24, 2.45) is 4.99 Å². The summed E-state index contributed by atoms with van der Waals surface area (Å²) in [5.41, 5.74) is -0.487. The van der Waals surface area contributed by atoms with Gasteiger partial charge in [-0.25, -0.2) is 4.79 Å². The van der Waals surface area contributed by atoms with E-state index in [1.54, 1.807) is 24.3 Å². The fourth-order valence-electron chi connectivity index (χ4n) is 1.96. The second kappa shape index (κ2) is 7.23. The number of carbonyl (C=O) groups is 1. The Morgan fingerprint density at radius 3 is 2.62 bits per heavy atom. The smallest absolute Gasteiger partial charge is 0.331 e. The van der Waals surface area contributed by atoms with E-state index in [2.05, 4.69) is 21.9 Å². The second-order valence-corrected chi connectivity index (χ2v) is 4.88. The molecule has 1 aromatic carbocycles. The number of rotatable bonds is 5. The molecule has 1 amide bonds. The Morgan fingerprint density at radius 1 is 1.38 bits per heavy atom. The number of benzene rings is 1. The highest BCUT2D eigenvalue weighted by Gasteiger charge is 2.11. The topological polar surface area (TPSA) is 117 Å². The van der Waals surface area contributed by atoms with Crippen LogP contribution in [0.3, 0.4) is 0 Å². The maximum absolute atomic E-state index is 11.8.